The molecule has 5 heteroatoms. The van der Waals surface area contributed by atoms with Gasteiger partial charge in [0.25, 0.3) is 5.91 Å². The van der Waals surface area contributed by atoms with Crippen molar-refractivity contribution in [2.75, 3.05) is 6.54 Å². The van der Waals surface area contributed by atoms with Crippen LogP contribution in [0.15, 0.2) is 57.9 Å². The molecule has 0 aliphatic carbocycles. The Kier molecular flexibility index (Phi) is 2.85. The monoisotopic (exact) mass is 294 g/mol. The SMILES string of the molecule is O=C(c1cc2ccccc2oc1=O)N1CCn2cccc2C1. The summed E-state index contributed by atoms with van der Waals surface area (Å²) in [6, 6.07) is 12.8. The summed E-state index contributed by atoms with van der Waals surface area (Å²) in [7, 11) is 0. The van der Waals surface area contributed by atoms with Crippen LogP contribution in [-0.4, -0.2) is 21.9 Å². The van der Waals surface area contributed by atoms with Gasteiger partial charge in [0.2, 0.25) is 0 Å². The molecule has 5 nitrogen and oxygen atoms in total. The van der Waals surface area contributed by atoms with Gasteiger partial charge in [0.15, 0.2) is 0 Å². The third-order valence-electron chi connectivity index (χ3n) is 4.05. The number of aromatic nitrogens is 1. The first-order valence-corrected chi connectivity index (χ1v) is 7.18. The maximum atomic E-state index is 12.7. The van der Waals surface area contributed by atoms with E-state index in [-0.39, 0.29) is 11.5 Å². The Bertz CT molecular complexity index is 923. The van der Waals surface area contributed by atoms with Gasteiger partial charge in [0.1, 0.15) is 11.1 Å². The van der Waals surface area contributed by atoms with Gasteiger partial charge in [0.05, 0.1) is 6.54 Å². The molecule has 0 fully saturated rings. The second-order valence-electron chi connectivity index (χ2n) is 5.40. The Hall–Kier alpha value is -2.82. The molecule has 2 aromatic heterocycles. The molecule has 1 amide bonds. The number of amides is 1. The molecule has 0 bridgehead atoms. The first kappa shape index (κ1) is 12.9. The van der Waals surface area contributed by atoms with Gasteiger partial charge in [-0.3, -0.25) is 4.79 Å². The number of carbonyl (C=O) groups excluding carboxylic acids is 1. The molecule has 4 rings (SSSR count). The quantitative estimate of drug-likeness (QED) is 0.647. The lowest BCUT2D eigenvalue weighted by Crippen LogP contribution is -2.39. The molecule has 0 saturated carbocycles. The van der Waals surface area contributed by atoms with Crippen molar-refractivity contribution in [3.63, 3.8) is 0 Å². The lowest BCUT2D eigenvalue weighted by atomic mass is 10.1. The molecule has 0 unspecified atom stereocenters. The van der Waals surface area contributed by atoms with Gasteiger partial charge in [0, 0.05) is 30.4 Å². The predicted octanol–water partition coefficient (Wildman–Crippen LogP) is 2.25. The summed E-state index contributed by atoms with van der Waals surface area (Å²) in [4.78, 5) is 26.4. The Morgan fingerprint density at radius 2 is 1.95 bits per heavy atom. The van der Waals surface area contributed by atoms with E-state index in [0.717, 1.165) is 17.6 Å². The highest BCUT2D eigenvalue weighted by Gasteiger charge is 2.24. The molecule has 0 atom stereocenters. The van der Waals surface area contributed by atoms with E-state index in [2.05, 4.69) is 4.57 Å². The van der Waals surface area contributed by atoms with Crippen LogP contribution in [0.5, 0.6) is 0 Å². The van der Waals surface area contributed by atoms with Crippen molar-refractivity contribution in [1.82, 2.24) is 9.47 Å². The number of para-hydroxylation sites is 1. The molecular weight excluding hydrogens is 280 g/mol. The highest BCUT2D eigenvalue weighted by molar-refractivity contribution is 5.96. The van der Waals surface area contributed by atoms with Gasteiger partial charge in [-0.15, -0.1) is 0 Å². The van der Waals surface area contributed by atoms with E-state index in [9.17, 15) is 9.59 Å². The second kappa shape index (κ2) is 4.87. The van der Waals surface area contributed by atoms with E-state index in [4.69, 9.17) is 4.42 Å². The molecule has 3 heterocycles. The van der Waals surface area contributed by atoms with Crippen molar-refractivity contribution in [3.05, 3.63) is 70.3 Å². The largest absolute Gasteiger partial charge is 0.422 e. The average molecular weight is 294 g/mol. The zero-order valence-corrected chi connectivity index (χ0v) is 11.9. The van der Waals surface area contributed by atoms with E-state index in [1.54, 1.807) is 23.1 Å². The fraction of sp³-hybridized carbons (Fsp3) is 0.176. The lowest BCUT2D eigenvalue weighted by molar-refractivity contribution is 0.0707. The second-order valence-corrected chi connectivity index (χ2v) is 5.40. The lowest BCUT2D eigenvalue weighted by Gasteiger charge is -2.28. The first-order chi connectivity index (χ1) is 10.7. The molecule has 0 spiro atoms. The number of hydrogen-bond acceptors (Lipinski definition) is 3. The normalized spacial score (nSPS) is 14.1. The van der Waals surface area contributed by atoms with Crippen LogP contribution in [0.4, 0.5) is 0 Å². The zero-order valence-electron chi connectivity index (χ0n) is 11.9. The van der Waals surface area contributed by atoms with Gasteiger partial charge in [-0.2, -0.15) is 0 Å². The maximum Gasteiger partial charge on any atom is 0.349 e. The van der Waals surface area contributed by atoms with Crippen LogP contribution in [0.3, 0.4) is 0 Å². The number of fused-ring (bicyclic) bond motifs is 2. The maximum absolute atomic E-state index is 12.7. The minimum absolute atomic E-state index is 0.0960. The summed E-state index contributed by atoms with van der Waals surface area (Å²) in [6.45, 7) is 1.85. The molecule has 3 aromatic rings. The Balaban J connectivity index is 1.71. The molecule has 0 N–H and O–H groups in total. The van der Waals surface area contributed by atoms with E-state index in [1.807, 2.05) is 30.5 Å². The van der Waals surface area contributed by atoms with Gasteiger partial charge < -0.3 is 13.9 Å². The molecular formula is C17H14N2O3. The predicted molar refractivity (Wildman–Crippen MR) is 81.7 cm³/mol. The van der Waals surface area contributed by atoms with Crippen molar-refractivity contribution in [2.24, 2.45) is 0 Å². The van der Waals surface area contributed by atoms with Crippen LogP contribution in [0.25, 0.3) is 11.0 Å². The highest BCUT2D eigenvalue weighted by atomic mass is 16.4. The van der Waals surface area contributed by atoms with Gasteiger partial charge in [-0.1, -0.05) is 18.2 Å². The minimum atomic E-state index is -0.579. The van der Waals surface area contributed by atoms with E-state index < -0.39 is 5.63 Å². The molecule has 0 saturated heterocycles. The topological polar surface area (TPSA) is 55.5 Å². The van der Waals surface area contributed by atoms with Crippen LogP contribution >= 0.6 is 0 Å². The Morgan fingerprint density at radius 3 is 2.86 bits per heavy atom. The van der Waals surface area contributed by atoms with Crippen LogP contribution < -0.4 is 5.63 Å². The van der Waals surface area contributed by atoms with Crippen molar-refractivity contribution in [3.8, 4) is 0 Å². The van der Waals surface area contributed by atoms with Crippen molar-refractivity contribution in [1.29, 1.82) is 0 Å². The van der Waals surface area contributed by atoms with E-state index in [0.29, 0.717) is 18.7 Å². The van der Waals surface area contributed by atoms with Crippen LogP contribution in [0.1, 0.15) is 16.1 Å². The van der Waals surface area contributed by atoms with Crippen LogP contribution in [0.2, 0.25) is 0 Å². The summed E-state index contributed by atoms with van der Waals surface area (Å²) in [5.41, 5.74) is 1.09. The third kappa shape index (κ3) is 2.02. The molecule has 22 heavy (non-hydrogen) atoms. The summed E-state index contributed by atoms with van der Waals surface area (Å²) in [6.07, 6.45) is 2.00. The number of benzene rings is 1. The number of hydrogen-bond donors (Lipinski definition) is 0. The van der Waals surface area contributed by atoms with E-state index >= 15 is 0 Å². The van der Waals surface area contributed by atoms with Crippen molar-refractivity contribution in [2.45, 2.75) is 13.1 Å². The fourth-order valence-corrected chi connectivity index (χ4v) is 2.87. The van der Waals surface area contributed by atoms with Crippen molar-refractivity contribution >= 4 is 16.9 Å². The molecule has 110 valence electrons. The summed E-state index contributed by atoms with van der Waals surface area (Å²) < 4.78 is 7.37. The molecule has 1 aliphatic rings. The van der Waals surface area contributed by atoms with E-state index in [1.165, 1.54) is 0 Å². The number of rotatable bonds is 1. The number of nitrogens with zero attached hydrogens (tertiary/aromatic N) is 2. The smallest absolute Gasteiger partial charge is 0.349 e. The minimum Gasteiger partial charge on any atom is -0.422 e. The summed E-state index contributed by atoms with van der Waals surface area (Å²) in [5.74, 6) is -0.271. The van der Waals surface area contributed by atoms with Gasteiger partial charge >= 0.3 is 5.63 Å². The average Bonchev–Trinajstić information content (AvgIpc) is 3.01. The molecule has 0 radical (unpaired) electrons. The fourth-order valence-electron chi connectivity index (χ4n) is 2.87. The Morgan fingerprint density at radius 1 is 1.09 bits per heavy atom. The first-order valence-electron chi connectivity index (χ1n) is 7.18. The Labute approximate surface area is 126 Å². The number of carbonyl (C=O) groups is 1. The van der Waals surface area contributed by atoms with Crippen LogP contribution in [0, 0.1) is 0 Å². The van der Waals surface area contributed by atoms with Crippen LogP contribution in [-0.2, 0) is 13.1 Å². The molecule has 1 aromatic carbocycles. The third-order valence-corrected chi connectivity index (χ3v) is 4.05. The highest BCUT2D eigenvalue weighted by Crippen LogP contribution is 2.17. The summed E-state index contributed by atoms with van der Waals surface area (Å²) in [5, 5.41) is 0.755. The van der Waals surface area contributed by atoms with Gasteiger partial charge in [-0.05, 0) is 24.3 Å². The standard InChI is InChI=1S/C17H14N2O3/c20-16(19-9-8-18-7-3-5-13(18)11-19)14-10-12-4-1-2-6-15(12)22-17(14)21/h1-7,10H,8-9,11H2. The molecule has 1 aliphatic heterocycles. The van der Waals surface area contributed by atoms with Crippen molar-refractivity contribution < 1.29 is 9.21 Å². The zero-order chi connectivity index (χ0) is 15.1. The summed E-state index contributed by atoms with van der Waals surface area (Å²) >= 11 is 0. The van der Waals surface area contributed by atoms with Gasteiger partial charge in [-0.25, -0.2) is 4.79 Å².